The van der Waals surface area contributed by atoms with Crippen LogP contribution in [0.2, 0.25) is 0 Å². The van der Waals surface area contributed by atoms with Crippen LogP contribution in [0.3, 0.4) is 0 Å². The van der Waals surface area contributed by atoms with Crippen LogP contribution in [0.5, 0.6) is 0 Å². The largest absolute Gasteiger partial charge is 0.439 e. The molecule has 0 unspecified atom stereocenters. The van der Waals surface area contributed by atoms with E-state index in [0.717, 1.165) is 0 Å². The molecule has 1 aliphatic rings. The lowest BCUT2D eigenvalue weighted by Gasteiger charge is -2.13. The lowest BCUT2D eigenvalue weighted by molar-refractivity contribution is -0.398. The standard InChI is InChI=1S/C10H11N5O8/c16-1-2-4(17)5(18)8(23-2)14-6-3(11-10(14)15(21)22)7(19)13-9(20)12-6/h2,4-5,8,16-18H,1H2,(H2,12,13,19,20)/t2-,4-,5-,8-/m1/s1. The van der Waals surface area contributed by atoms with Gasteiger partial charge in [-0.25, -0.2) is 4.79 Å². The molecule has 3 rings (SSSR count). The molecule has 3 heterocycles. The van der Waals surface area contributed by atoms with Crippen LogP contribution in [0, 0.1) is 10.1 Å². The highest BCUT2D eigenvalue weighted by Crippen LogP contribution is 2.34. The quantitative estimate of drug-likeness (QED) is 0.286. The molecule has 124 valence electrons. The molecule has 2 aromatic heterocycles. The number of aliphatic hydroxyl groups excluding tert-OH is 3. The van der Waals surface area contributed by atoms with Crippen molar-refractivity contribution in [1.82, 2.24) is 19.5 Å². The number of hydrogen-bond acceptors (Lipinski definition) is 9. The van der Waals surface area contributed by atoms with Crippen LogP contribution in [0.15, 0.2) is 9.59 Å². The first-order valence-electron chi connectivity index (χ1n) is 6.36. The molecule has 0 spiro atoms. The van der Waals surface area contributed by atoms with E-state index in [-0.39, 0.29) is 5.65 Å². The number of rotatable bonds is 3. The third-order valence-corrected chi connectivity index (χ3v) is 3.50. The lowest BCUT2D eigenvalue weighted by Crippen LogP contribution is -2.33. The molecule has 1 fully saturated rings. The summed E-state index contributed by atoms with van der Waals surface area (Å²) in [5, 5.41) is 40.0. The fraction of sp³-hybridized carbons (Fsp3) is 0.500. The summed E-state index contributed by atoms with van der Waals surface area (Å²) < 4.78 is 5.88. The van der Waals surface area contributed by atoms with E-state index < -0.39 is 58.8 Å². The van der Waals surface area contributed by atoms with Gasteiger partial charge in [-0.15, -0.1) is 0 Å². The number of nitrogens with one attached hydrogen (secondary N) is 2. The van der Waals surface area contributed by atoms with Crippen molar-refractivity contribution in [3.63, 3.8) is 0 Å². The Morgan fingerprint density at radius 3 is 2.57 bits per heavy atom. The van der Waals surface area contributed by atoms with Crippen molar-refractivity contribution in [2.75, 3.05) is 6.61 Å². The number of fused-ring (bicyclic) bond motifs is 1. The average molecular weight is 329 g/mol. The second kappa shape index (κ2) is 5.24. The van der Waals surface area contributed by atoms with Gasteiger partial charge >= 0.3 is 11.6 Å². The normalized spacial score (nSPS) is 27.6. The summed E-state index contributed by atoms with van der Waals surface area (Å²) in [5.74, 6) is -0.873. The van der Waals surface area contributed by atoms with Gasteiger partial charge in [-0.05, 0) is 4.92 Å². The van der Waals surface area contributed by atoms with Gasteiger partial charge in [0.25, 0.3) is 11.1 Å². The molecule has 1 aliphatic heterocycles. The Bertz CT molecular complexity index is 883. The summed E-state index contributed by atoms with van der Waals surface area (Å²) in [5.41, 5.74) is -2.68. The fourth-order valence-corrected chi connectivity index (χ4v) is 2.46. The number of imidazole rings is 1. The summed E-state index contributed by atoms with van der Waals surface area (Å²) in [6, 6.07) is 0. The summed E-state index contributed by atoms with van der Waals surface area (Å²) >= 11 is 0. The van der Waals surface area contributed by atoms with Crippen LogP contribution < -0.4 is 11.2 Å². The zero-order valence-corrected chi connectivity index (χ0v) is 11.2. The number of aliphatic hydroxyl groups is 3. The molecule has 23 heavy (non-hydrogen) atoms. The minimum absolute atomic E-state index is 0.347. The van der Waals surface area contributed by atoms with Gasteiger partial charge in [-0.1, -0.05) is 4.98 Å². The molecule has 1 saturated heterocycles. The van der Waals surface area contributed by atoms with Gasteiger partial charge in [0.2, 0.25) is 11.9 Å². The predicted molar refractivity (Wildman–Crippen MR) is 70.6 cm³/mol. The maximum atomic E-state index is 11.7. The molecule has 2 aromatic rings. The molecule has 0 aromatic carbocycles. The van der Waals surface area contributed by atoms with Gasteiger partial charge in [0.1, 0.15) is 18.3 Å². The molecular weight excluding hydrogens is 318 g/mol. The highest BCUT2D eigenvalue weighted by atomic mass is 16.6. The Hall–Kier alpha value is -2.61. The van der Waals surface area contributed by atoms with Crippen LogP contribution in [0.4, 0.5) is 5.95 Å². The maximum Gasteiger partial charge on any atom is 0.439 e. The average Bonchev–Trinajstić information content (AvgIpc) is 2.99. The number of H-pyrrole nitrogens is 2. The van der Waals surface area contributed by atoms with Crippen molar-refractivity contribution >= 4 is 17.1 Å². The van der Waals surface area contributed by atoms with E-state index in [9.17, 15) is 29.9 Å². The Morgan fingerprint density at radius 2 is 2.00 bits per heavy atom. The third-order valence-electron chi connectivity index (χ3n) is 3.50. The zero-order chi connectivity index (χ0) is 16.9. The summed E-state index contributed by atoms with van der Waals surface area (Å²) in [4.78, 5) is 40.9. The van der Waals surface area contributed by atoms with Gasteiger partial charge < -0.3 is 30.2 Å². The van der Waals surface area contributed by atoms with Crippen molar-refractivity contribution < 1.29 is 25.0 Å². The molecule has 0 radical (unpaired) electrons. The van der Waals surface area contributed by atoms with Crippen LogP contribution in [0.25, 0.3) is 11.2 Å². The highest BCUT2D eigenvalue weighted by Gasteiger charge is 2.48. The molecule has 0 amide bonds. The first kappa shape index (κ1) is 15.3. The summed E-state index contributed by atoms with van der Waals surface area (Å²) in [6.07, 6.45) is -5.88. The molecule has 4 atom stereocenters. The zero-order valence-electron chi connectivity index (χ0n) is 11.2. The second-order valence-electron chi connectivity index (χ2n) is 4.87. The third kappa shape index (κ3) is 2.22. The molecule has 13 heteroatoms. The number of ether oxygens (including phenoxy) is 1. The first-order chi connectivity index (χ1) is 10.8. The first-order valence-corrected chi connectivity index (χ1v) is 6.36. The molecule has 0 bridgehead atoms. The molecular formula is C10H11N5O8. The van der Waals surface area contributed by atoms with Gasteiger partial charge in [-0.2, -0.15) is 4.57 Å². The Kier molecular flexibility index (Phi) is 3.48. The summed E-state index contributed by atoms with van der Waals surface area (Å²) in [7, 11) is 0. The fourth-order valence-electron chi connectivity index (χ4n) is 2.46. The van der Waals surface area contributed by atoms with E-state index in [4.69, 9.17) is 9.84 Å². The van der Waals surface area contributed by atoms with Gasteiger partial charge in [-0.3, -0.25) is 14.8 Å². The van der Waals surface area contributed by atoms with E-state index >= 15 is 0 Å². The van der Waals surface area contributed by atoms with Gasteiger partial charge in [0.15, 0.2) is 0 Å². The van der Waals surface area contributed by atoms with Crippen LogP contribution in [-0.2, 0) is 4.74 Å². The van der Waals surface area contributed by atoms with Crippen molar-refractivity contribution in [3.05, 3.63) is 31.0 Å². The van der Waals surface area contributed by atoms with E-state index in [0.29, 0.717) is 4.57 Å². The Labute approximate surface area is 124 Å². The number of aromatic amines is 2. The number of nitrogens with zero attached hydrogens (tertiary/aromatic N) is 3. The number of hydrogen-bond donors (Lipinski definition) is 5. The minimum Gasteiger partial charge on any atom is -0.394 e. The molecule has 0 saturated carbocycles. The number of aromatic nitrogens is 4. The Balaban J connectivity index is 2.28. The van der Waals surface area contributed by atoms with Gasteiger partial charge in [0.05, 0.1) is 6.61 Å². The van der Waals surface area contributed by atoms with Crippen molar-refractivity contribution in [2.45, 2.75) is 24.5 Å². The second-order valence-corrected chi connectivity index (χ2v) is 4.87. The van der Waals surface area contributed by atoms with E-state index in [1.807, 2.05) is 4.98 Å². The van der Waals surface area contributed by atoms with E-state index in [1.54, 1.807) is 0 Å². The molecule has 0 aliphatic carbocycles. The topological polar surface area (TPSA) is 197 Å². The molecule has 5 N–H and O–H groups in total. The van der Waals surface area contributed by atoms with E-state index in [2.05, 4.69) is 9.97 Å². The van der Waals surface area contributed by atoms with Crippen LogP contribution in [0.1, 0.15) is 6.23 Å². The predicted octanol–water partition coefficient (Wildman–Crippen LogP) is -3.07. The van der Waals surface area contributed by atoms with Crippen LogP contribution >= 0.6 is 0 Å². The smallest absolute Gasteiger partial charge is 0.394 e. The lowest BCUT2D eigenvalue weighted by atomic mass is 10.1. The maximum absolute atomic E-state index is 11.7. The minimum atomic E-state index is -1.65. The van der Waals surface area contributed by atoms with Crippen molar-refractivity contribution in [1.29, 1.82) is 0 Å². The SMILES string of the molecule is O=c1[nH]c(=O)c2nc([N+](=O)[O-])n([C@@H]3O[C@H](CO)[C@@H](O)[C@H]3O)c2[nH]1. The number of nitro groups is 1. The molecule has 13 nitrogen and oxygen atoms in total. The Morgan fingerprint density at radius 1 is 1.30 bits per heavy atom. The van der Waals surface area contributed by atoms with Crippen LogP contribution in [-0.4, -0.2) is 64.7 Å². The highest BCUT2D eigenvalue weighted by molar-refractivity contribution is 5.71. The van der Waals surface area contributed by atoms with E-state index in [1.165, 1.54) is 0 Å². The van der Waals surface area contributed by atoms with Crippen molar-refractivity contribution in [3.8, 4) is 0 Å². The van der Waals surface area contributed by atoms with Crippen molar-refractivity contribution in [2.24, 2.45) is 0 Å². The van der Waals surface area contributed by atoms with Gasteiger partial charge in [0, 0.05) is 0 Å². The monoisotopic (exact) mass is 329 g/mol. The summed E-state index contributed by atoms with van der Waals surface area (Å²) in [6.45, 7) is -0.647.